The minimum Gasteiger partial charge on any atom is -0.495 e. The standard InChI is InChI=1S/C18H22ClN3O3S/c1-25-18-5-4-16(11-17(18)19)26(23,24)21-12-14-6-9-22(10-7-14)15-3-2-8-20-13-15/h2-5,8,11,13-14,21H,6-7,9-10,12H2,1H3. The molecule has 0 amide bonds. The fraction of sp³-hybridized carbons (Fsp3) is 0.389. The molecule has 1 N–H and O–H groups in total. The van der Waals surface area contributed by atoms with Crippen molar-refractivity contribution < 1.29 is 13.2 Å². The van der Waals surface area contributed by atoms with Gasteiger partial charge in [-0.05, 0) is 49.1 Å². The Morgan fingerprint density at radius 1 is 1.31 bits per heavy atom. The maximum Gasteiger partial charge on any atom is 0.240 e. The number of nitrogens with zero attached hydrogens (tertiary/aromatic N) is 2. The second-order valence-electron chi connectivity index (χ2n) is 6.29. The van der Waals surface area contributed by atoms with Crippen molar-refractivity contribution in [2.75, 3.05) is 31.6 Å². The number of methoxy groups -OCH3 is 1. The van der Waals surface area contributed by atoms with Gasteiger partial charge < -0.3 is 9.64 Å². The molecule has 6 nitrogen and oxygen atoms in total. The number of anilines is 1. The number of aromatic nitrogens is 1. The molecule has 0 saturated carbocycles. The Balaban J connectivity index is 1.55. The van der Waals surface area contributed by atoms with Crippen molar-refractivity contribution in [1.82, 2.24) is 9.71 Å². The van der Waals surface area contributed by atoms with Crippen LogP contribution in [0.2, 0.25) is 5.02 Å². The Bertz CT molecular complexity index is 838. The van der Waals surface area contributed by atoms with Crippen LogP contribution in [-0.4, -0.2) is 40.1 Å². The van der Waals surface area contributed by atoms with Crippen molar-refractivity contribution >= 4 is 27.3 Å². The number of hydrogen-bond donors (Lipinski definition) is 1. The smallest absolute Gasteiger partial charge is 0.240 e. The van der Waals surface area contributed by atoms with Crippen LogP contribution in [-0.2, 0) is 10.0 Å². The van der Waals surface area contributed by atoms with Crippen LogP contribution < -0.4 is 14.4 Å². The summed E-state index contributed by atoms with van der Waals surface area (Å²) in [4.78, 5) is 6.58. The summed E-state index contributed by atoms with van der Waals surface area (Å²) in [6.45, 7) is 2.21. The number of pyridine rings is 1. The lowest BCUT2D eigenvalue weighted by Gasteiger charge is -2.33. The van der Waals surface area contributed by atoms with Gasteiger partial charge in [-0.25, -0.2) is 13.1 Å². The van der Waals surface area contributed by atoms with E-state index in [4.69, 9.17) is 16.3 Å². The van der Waals surface area contributed by atoms with Gasteiger partial charge in [0.05, 0.1) is 28.9 Å². The summed E-state index contributed by atoms with van der Waals surface area (Å²) in [5, 5.41) is 0.278. The predicted octanol–water partition coefficient (Wildman–Crippen LogP) is 2.94. The molecule has 0 spiro atoms. The second kappa shape index (κ2) is 8.24. The number of nitrogens with one attached hydrogen (secondary N) is 1. The lowest BCUT2D eigenvalue weighted by atomic mass is 9.97. The summed E-state index contributed by atoms with van der Waals surface area (Å²) in [5.74, 6) is 0.764. The van der Waals surface area contributed by atoms with E-state index in [9.17, 15) is 8.42 Å². The van der Waals surface area contributed by atoms with Crippen LogP contribution in [0, 0.1) is 5.92 Å². The Labute approximate surface area is 159 Å². The Hall–Kier alpha value is -1.83. The Morgan fingerprint density at radius 3 is 2.69 bits per heavy atom. The molecule has 0 unspecified atom stereocenters. The summed E-state index contributed by atoms with van der Waals surface area (Å²) in [6.07, 6.45) is 5.48. The zero-order valence-electron chi connectivity index (χ0n) is 14.6. The van der Waals surface area contributed by atoms with E-state index in [0.29, 0.717) is 18.2 Å². The Kier molecular flexibility index (Phi) is 6.01. The molecule has 3 rings (SSSR count). The van der Waals surface area contributed by atoms with Crippen molar-refractivity contribution in [2.45, 2.75) is 17.7 Å². The van der Waals surface area contributed by atoms with Crippen molar-refractivity contribution in [2.24, 2.45) is 5.92 Å². The molecule has 2 aromatic rings. The van der Waals surface area contributed by atoms with E-state index < -0.39 is 10.0 Å². The third kappa shape index (κ3) is 4.47. The van der Waals surface area contributed by atoms with Gasteiger partial charge in [-0.2, -0.15) is 0 Å². The van der Waals surface area contributed by atoms with Crippen LogP contribution in [0.3, 0.4) is 0 Å². The molecule has 140 valence electrons. The highest BCUT2D eigenvalue weighted by Gasteiger charge is 2.22. The summed E-state index contributed by atoms with van der Waals surface area (Å²) in [6, 6.07) is 8.44. The maximum atomic E-state index is 12.5. The molecule has 0 atom stereocenters. The SMILES string of the molecule is COc1ccc(S(=O)(=O)NCC2CCN(c3cccnc3)CC2)cc1Cl. The van der Waals surface area contributed by atoms with Crippen molar-refractivity contribution in [3.05, 3.63) is 47.7 Å². The van der Waals surface area contributed by atoms with Gasteiger partial charge in [-0.15, -0.1) is 0 Å². The molecule has 26 heavy (non-hydrogen) atoms. The number of benzene rings is 1. The molecule has 0 radical (unpaired) electrons. The molecule has 1 aromatic carbocycles. The third-order valence-electron chi connectivity index (χ3n) is 4.62. The van der Waals surface area contributed by atoms with Gasteiger partial charge >= 0.3 is 0 Å². The molecule has 0 aliphatic carbocycles. The quantitative estimate of drug-likeness (QED) is 0.814. The largest absolute Gasteiger partial charge is 0.495 e. The van der Waals surface area contributed by atoms with Crippen molar-refractivity contribution in [1.29, 1.82) is 0 Å². The highest BCUT2D eigenvalue weighted by Crippen LogP contribution is 2.27. The zero-order chi connectivity index (χ0) is 18.6. The number of ether oxygens (including phenoxy) is 1. The molecule has 1 aliphatic heterocycles. The number of hydrogen-bond acceptors (Lipinski definition) is 5. The zero-order valence-corrected chi connectivity index (χ0v) is 16.1. The van der Waals surface area contributed by atoms with Gasteiger partial charge in [-0.3, -0.25) is 4.98 Å². The fourth-order valence-electron chi connectivity index (χ4n) is 3.06. The van der Waals surface area contributed by atoms with Gasteiger partial charge in [0.15, 0.2) is 0 Å². The Morgan fingerprint density at radius 2 is 2.08 bits per heavy atom. The van der Waals surface area contributed by atoms with Gasteiger partial charge in [0.1, 0.15) is 5.75 Å². The highest BCUT2D eigenvalue weighted by molar-refractivity contribution is 7.89. The van der Waals surface area contributed by atoms with E-state index in [1.54, 1.807) is 12.3 Å². The number of halogens is 1. The van der Waals surface area contributed by atoms with E-state index in [1.165, 1.54) is 19.2 Å². The summed E-state index contributed by atoms with van der Waals surface area (Å²) < 4.78 is 32.7. The topological polar surface area (TPSA) is 71.5 Å². The maximum absolute atomic E-state index is 12.5. The highest BCUT2D eigenvalue weighted by atomic mass is 35.5. The van der Waals surface area contributed by atoms with E-state index in [0.717, 1.165) is 31.6 Å². The summed E-state index contributed by atoms with van der Waals surface area (Å²) >= 11 is 6.03. The molecule has 1 aliphatic rings. The van der Waals surface area contributed by atoms with Crippen LogP contribution in [0.5, 0.6) is 5.75 Å². The summed E-state index contributed by atoms with van der Waals surface area (Å²) in [7, 11) is -2.09. The fourth-order valence-corrected chi connectivity index (χ4v) is 4.53. The van der Waals surface area contributed by atoms with Gasteiger partial charge in [0.25, 0.3) is 0 Å². The molecular weight excluding hydrogens is 374 g/mol. The molecule has 0 bridgehead atoms. The van der Waals surface area contributed by atoms with Crippen LogP contribution in [0.25, 0.3) is 0 Å². The van der Waals surface area contributed by atoms with E-state index in [-0.39, 0.29) is 9.92 Å². The number of rotatable bonds is 6. The number of piperidine rings is 1. The van der Waals surface area contributed by atoms with E-state index >= 15 is 0 Å². The lowest BCUT2D eigenvalue weighted by Crippen LogP contribution is -2.38. The molecule has 1 fully saturated rings. The first-order chi connectivity index (χ1) is 12.5. The normalized spacial score (nSPS) is 15.8. The first-order valence-electron chi connectivity index (χ1n) is 8.48. The number of sulfonamides is 1. The van der Waals surface area contributed by atoms with E-state index in [1.807, 2.05) is 18.3 Å². The second-order valence-corrected chi connectivity index (χ2v) is 8.46. The lowest BCUT2D eigenvalue weighted by molar-refractivity contribution is 0.402. The van der Waals surface area contributed by atoms with Gasteiger partial charge in [-0.1, -0.05) is 11.6 Å². The average Bonchev–Trinajstić information content (AvgIpc) is 2.67. The summed E-state index contributed by atoms with van der Waals surface area (Å²) in [5.41, 5.74) is 1.11. The molecule has 1 aromatic heterocycles. The average molecular weight is 396 g/mol. The van der Waals surface area contributed by atoms with Gasteiger partial charge in [0.2, 0.25) is 10.0 Å². The van der Waals surface area contributed by atoms with Crippen molar-refractivity contribution in [3.63, 3.8) is 0 Å². The van der Waals surface area contributed by atoms with Gasteiger partial charge in [0, 0.05) is 25.8 Å². The van der Waals surface area contributed by atoms with E-state index in [2.05, 4.69) is 14.6 Å². The first kappa shape index (κ1) is 18.9. The van der Waals surface area contributed by atoms with Crippen molar-refractivity contribution in [3.8, 4) is 5.75 Å². The molecule has 1 saturated heterocycles. The van der Waals surface area contributed by atoms with Crippen LogP contribution >= 0.6 is 11.6 Å². The molecular formula is C18H22ClN3O3S. The van der Waals surface area contributed by atoms with Crippen LogP contribution in [0.15, 0.2) is 47.6 Å². The first-order valence-corrected chi connectivity index (χ1v) is 10.3. The molecule has 8 heteroatoms. The minimum atomic E-state index is -3.59. The molecule has 2 heterocycles. The van der Waals surface area contributed by atoms with Crippen LogP contribution in [0.4, 0.5) is 5.69 Å². The third-order valence-corrected chi connectivity index (χ3v) is 6.34. The monoisotopic (exact) mass is 395 g/mol. The van der Waals surface area contributed by atoms with Crippen LogP contribution in [0.1, 0.15) is 12.8 Å². The predicted molar refractivity (Wildman–Crippen MR) is 102 cm³/mol. The minimum absolute atomic E-state index is 0.149.